The highest BCUT2D eigenvalue weighted by molar-refractivity contribution is 9.10. The Labute approximate surface area is 147 Å². The number of methoxy groups -OCH3 is 2. The van der Waals surface area contributed by atoms with Gasteiger partial charge in [0.25, 0.3) is 5.69 Å². The molecule has 2 aromatic rings. The first-order valence-corrected chi connectivity index (χ1v) is 7.76. The lowest BCUT2D eigenvalue weighted by Gasteiger charge is -2.12. The van der Waals surface area contributed by atoms with Crippen molar-refractivity contribution in [3.63, 3.8) is 0 Å². The van der Waals surface area contributed by atoms with Crippen LogP contribution < -0.4 is 9.47 Å². The van der Waals surface area contributed by atoms with Gasteiger partial charge in [0.1, 0.15) is 0 Å². The van der Waals surface area contributed by atoms with Crippen LogP contribution in [0.4, 0.5) is 5.69 Å². The number of rotatable bonds is 7. The molecule has 0 atom stereocenters. The molecule has 2 rings (SSSR count). The zero-order valence-corrected chi connectivity index (χ0v) is 14.8. The molecule has 0 aliphatic carbocycles. The van der Waals surface area contributed by atoms with Gasteiger partial charge in [-0.2, -0.15) is 0 Å². The Morgan fingerprint density at radius 3 is 2.58 bits per heavy atom. The summed E-state index contributed by atoms with van der Waals surface area (Å²) in [5.74, 6) is 1.10. The molecule has 0 radical (unpaired) electrons. The maximum Gasteiger partial charge on any atom is 0.270 e. The Hall–Kier alpha value is -2.38. The van der Waals surface area contributed by atoms with E-state index in [9.17, 15) is 10.1 Å². The summed E-state index contributed by atoms with van der Waals surface area (Å²) in [4.78, 5) is 10.4. The highest BCUT2D eigenvalue weighted by atomic mass is 79.9. The van der Waals surface area contributed by atoms with Crippen LogP contribution in [0.25, 0.3) is 12.2 Å². The lowest BCUT2D eigenvalue weighted by Crippen LogP contribution is -2.01. The fourth-order valence-electron chi connectivity index (χ4n) is 2.03. The van der Waals surface area contributed by atoms with E-state index in [0.717, 1.165) is 15.6 Å². The second kappa shape index (κ2) is 8.47. The number of halogens is 1. The van der Waals surface area contributed by atoms with E-state index >= 15 is 0 Å². The molecule has 7 heteroatoms. The van der Waals surface area contributed by atoms with Crippen LogP contribution in [0, 0.1) is 10.1 Å². The minimum atomic E-state index is -0.418. The van der Waals surface area contributed by atoms with Crippen molar-refractivity contribution in [1.29, 1.82) is 0 Å². The van der Waals surface area contributed by atoms with Gasteiger partial charge in [0, 0.05) is 19.2 Å². The Balaban J connectivity index is 2.28. The normalized spacial score (nSPS) is 10.8. The molecule has 0 aromatic heterocycles. The van der Waals surface area contributed by atoms with Crippen molar-refractivity contribution in [2.45, 2.75) is 0 Å². The van der Waals surface area contributed by atoms with Gasteiger partial charge in [-0.05, 0) is 39.2 Å². The van der Waals surface area contributed by atoms with E-state index < -0.39 is 4.92 Å². The van der Waals surface area contributed by atoms with Crippen LogP contribution in [-0.4, -0.2) is 25.9 Å². The average molecular weight is 394 g/mol. The molecular weight excluding hydrogens is 378 g/mol. The zero-order chi connectivity index (χ0) is 17.5. The Bertz CT molecular complexity index is 761. The second-order valence-corrected chi connectivity index (χ2v) is 5.62. The fourth-order valence-corrected chi connectivity index (χ4v) is 2.60. The first kappa shape index (κ1) is 18.0. The van der Waals surface area contributed by atoms with Crippen LogP contribution in [0.1, 0.15) is 11.1 Å². The van der Waals surface area contributed by atoms with Crippen molar-refractivity contribution in [1.82, 2.24) is 0 Å². The van der Waals surface area contributed by atoms with Gasteiger partial charge in [0.2, 0.25) is 0 Å². The number of non-ortho nitro benzene ring substituents is 1. The molecule has 0 heterocycles. The minimum Gasteiger partial charge on any atom is -0.493 e. The van der Waals surface area contributed by atoms with Gasteiger partial charge in [-0.15, -0.1) is 0 Å². The predicted molar refractivity (Wildman–Crippen MR) is 95.2 cm³/mol. The van der Waals surface area contributed by atoms with E-state index in [1.807, 2.05) is 18.2 Å². The maximum absolute atomic E-state index is 10.8. The second-order valence-electron chi connectivity index (χ2n) is 4.77. The van der Waals surface area contributed by atoms with Gasteiger partial charge >= 0.3 is 0 Å². The van der Waals surface area contributed by atoms with E-state index in [1.165, 1.54) is 19.2 Å². The standard InChI is InChI=1S/C17H16BrNO5/c1-22-11-24-17-15(18)9-13(10-16(17)23-2)7-6-12-4-3-5-14(8-12)19(20)21/h3-10H,11H2,1-2H3. The lowest BCUT2D eigenvalue weighted by atomic mass is 10.1. The van der Waals surface area contributed by atoms with Crippen molar-refractivity contribution in [2.75, 3.05) is 21.0 Å². The largest absolute Gasteiger partial charge is 0.493 e. The number of ether oxygens (including phenoxy) is 3. The zero-order valence-electron chi connectivity index (χ0n) is 13.2. The molecule has 0 unspecified atom stereocenters. The molecular formula is C17H16BrNO5. The Morgan fingerprint density at radius 1 is 1.17 bits per heavy atom. The summed E-state index contributed by atoms with van der Waals surface area (Å²) in [6, 6.07) is 10.1. The number of nitro groups is 1. The van der Waals surface area contributed by atoms with Crippen LogP contribution in [0.2, 0.25) is 0 Å². The minimum absolute atomic E-state index is 0.0548. The Kier molecular flexibility index (Phi) is 6.34. The predicted octanol–water partition coefficient (Wildman–Crippen LogP) is 4.52. The highest BCUT2D eigenvalue weighted by Crippen LogP contribution is 2.37. The summed E-state index contributed by atoms with van der Waals surface area (Å²) >= 11 is 3.44. The molecule has 0 spiro atoms. The average Bonchev–Trinajstić information content (AvgIpc) is 2.58. The van der Waals surface area contributed by atoms with E-state index in [-0.39, 0.29) is 12.5 Å². The van der Waals surface area contributed by atoms with Crippen LogP contribution in [-0.2, 0) is 4.74 Å². The number of benzene rings is 2. The number of hydrogen-bond acceptors (Lipinski definition) is 5. The van der Waals surface area contributed by atoms with E-state index in [1.54, 1.807) is 25.3 Å². The molecule has 24 heavy (non-hydrogen) atoms. The van der Waals surface area contributed by atoms with E-state index in [4.69, 9.17) is 14.2 Å². The smallest absolute Gasteiger partial charge is 0.270 e. The first-order chi connectivity index (χ1) is 11.5. The van der Waals surface area contributed by atoms with E-state index in [0.29, 0.717) is 11.5 Å². The summed E-state index contributed by atoms with van der Waals surface area (Å²) in [7, 11) is 3.09. The van der Waals surface area contributed by atoms with Crippen molar-refractivity contribution in [3.05, 3.63) is 62.1 Å². The number of hydrogen-bond donors (Lipinski definition) is 0. The molecule has 0 amide bonds. The third kappa shape index (κ3) is 4.56. The quantitative estimate of drug-likeness (QED) is 0.299. The van der Waals surface area contributed by atoms with Crippen molar-refractivity contribution in [3.8, 4) is 11.5 Å². The van der Waals surface area contributed by atoms with Crippen LogP contribution >= 0.6 is 15.9 Å². The van der Waals surface area contributed by atoms with Gasteiger partial charge in [-0.25, -0.2) is 0 Å². The van der Waals surface area contributed by atoms with Crippen molar-refractivity contribution >= 4 is 33.8 Å². The van der Waals surface area contributed by atoms with Crippen LogP contribution in [0.5, 0.6) is 11.5 Å². The fraction of sp³-hybridized carbons (Fsp3) is 0.176. The number of nitro benzene ring substituents is 1. The molecule has 2 aromatic carbocycles. The van der Waals surface area contributed by atoms with Gasteiger partial charge < -0.3 is 14.2 Å². The van der Waals surface area contributed by atoms with Crippen molar-refractivity contribution < 1.29 is 19.1 Å². The molecule has 0 fully saturated rings. The molecule has 0 N–H and O–H groups in total. The van der Waals surface area contributed by atoms with Gasteiger partial charge in [-0.1, -0.05) is 24.3 Å². The summed E-state index contributed by atoms with van der Waals surface area (Å²) in [5.41, 5.74) is 1.65. The molecule has 0 saturated heterocycles. The Morgan fingerprint density at radius 2 is 1.92 bits per heavy atom. The first-order valence-electron chi connectivity index (χ1n) is 6.97. The summed E-state index contributed by atoms with van der Waals surface area (Å²) in [6.45, 7) is 0.109. The maximum atomic E-state index is 10.8. The van der Waals surface area contributed by atoms with Gasteiger partial charge in [-0.3, -0.25) is 10.1 Å². The lowest BCUT2D eigenvalue weighted by molar-refractivity contribution is -0.384. The van der Waals surface area contributed by atoms with Gasteiger partial charge in [0.05, 0.1) is 16.5 Å². The molecule has 6 nitrogen and oxygen atoms in total. The third-order valence-electron chi connectivity index (χ3n) is 3.12. The molecule has 0 bridgehead atoms. The molecule has 0 aliphatic rings. The van der Waals surface area contributed by atoms with Crippen molar-refractivity contribution in [2.24, 2.45) is 0 Å². The molecule has 126 valence electrons. The van der Waals surface area contributed by atoms with E-state index in [2.05, 4.69) is 15.9 Å². The monoisotopic (exact) mass is 393 g/mol. The van der Waals surface area contributed by atoms with Crippen LogP contribution in [0.15, 0.2) is 40.9 Å². The summed E-state index contributed by atoms with van der Waals surface area (Å²) in [5, 5.41) is 10.8. The summed E-state index contributed by atoms with van der Waals surface area (Å²) in [6.07, 6.45) is 3.64. The topological polar surface area (TPSA) is 70.8 Å². The van der Waals surface area contributed by atoms with Gasteiger partial charge in [0.15, 0.2) is 18.3 Å². The summed E-state index contributed by atoms with van der Waals surface area (Å²) < 4.78 is 16.4. The van der Waals surface area contributed by atoms with Crippen LogP contribution in [0.3, 0.4) is 0 Å². The molecule has 0 saturated carbocycles. The third-order valence-corrected chi connectivity index (χ3v) is 3.71. The number of nitrogens with zero attached hydrogens (tertiary/aromatic N) is 1. The molecule has 0 aliphatic heterocycles. The highest BCUT2D eigenvalue weighted by Gasteiger charge is 2.11. The SMILES string of the molecule is COCOc1c(Br)cc(C=Cc2cccc([N+](=O)[O-])c2)cc1OC.